The van der Waals surface area contributed by atoms with Gasteiger partial charge in [0, 0.05) is 12.8 Å². The summed E-state index contributed by atoms with van der Waals surface area (Å²) in [5, 5.41) is 0.627. The number of hydroxylamine groups is 2. The molecule has 0 aromatic carbocycles. The van der Waals surface area contributed by atoms with Crippen LogP contribution in [0.5, 0.6) is 0 Å². The number of nitrogens with zero attached hydrogens (tertiary/aromatic N) is 1. The molecule has 1 heterocycles. The molecule has 1 saturated heterocycles. The molecule has 0 bridgehead atoms. The van der Waals surface area contributed by atoms with Crippen LogP contribution in [-0.2, 0) is 19.2 Å². The molecule has 2 rings (SSSR count). The van der Waals surface area contributed by atoms with Gasteiger partial charge in [0.05, 0.1) is 5.92 Å². The molecule has 0 atom stereocenters. The van der Waals surface area contributed by atoms with Gasteiger partial charge in [-0.1, -0.05) is 13.3 Å². The van der Waals surface area contributed by atoms with E-state index < -0.39 is 17.8 Å². The Kier molecular flexibility index (Phi) is 2.94. The minimum atomic E-state index is -0.437. The first kappa shape index (κ1) is 11.1. The van der Waals surface area contributed by atoms with Crippen LogP contribution in [0.15, 0.2) is 0 Å². The number of amides is 2. The lowest BCUT2D eigenvalue weighted by Crippen LogP contribution is -2.38. The van der Waals surface area contributed by atoms with E-state index in [9.17, 15) is 14.4 Å². The lowest BCUT2D eigenvalue weighted by atomic mass is 9.74. The molecule has 1 aliphatic carbocycles. The third-order valence-corrected chi connectivity index (χ3v) is 3.33. The van der Waals surface area contributed by atoms with Crippen LogP contribution in [0.25, 0.3) is 0 Å². The Morgan fingerprint density at radius 3 is 2.38 bits per heavy atom. The fourth-order valence-corrected chi connectivity index (χ4v) is 2.08. The highest BCUT2D eigenvalue weighted by Crippen LogP contribution is 2.36. The van der Waals surface area contributed by atoms with Crippen molar-refractivity contribution in [3.8, 4) is 0 Å². The van der Waals surface area contributed by atoms with Crippen LogP contribution in [0.4, 0.5) is 0 Å². The van der Waals surface area contributed by atoms with Crippen molar-refractivity contribution < 1.29 is 19.2 Å². The Morgan fingerprint density at radius 2 is 1.88 bits per heavy atom. The van der Waals surface area contributed by atoms with Crippen molar-refractivity contribution in [3.63, 3.8) is 0 Å². The number of imide groups is 1. The monoisotopic (exact) mass is 225 g/mol. The molecule has 0 unspecified atom stereocenters. The number of hydrogen-bond acceptors (Lipinski definition) is 4. The summed E-state index contributed by atoms with van der Waals surface area (Å²) in [5.74, 6) is -0.809. The van der Waals surface area contributed by atoms with E-state index in [1.54, 1.807) is 0 Å². The van der Waals surface area contributed by atoms with E-state index in [-0.39, 0.29) is 18.8 Å². The van der Waals surface area contributed by atoms with E-state index in [0.717, 1.165) is 19.3 Å². The Balaban J connectivity index is 1.84. The second-order valence-electron chi connectivity index (χ2n) is 4.43. The zero-order valence-electron chi connectivity index (χ0n) is 9.27. The summed E-state index contributed by atoms with van der Waals surface area (Å²) in [6.07, 6.45) is 2.98. The summed E-state index contributed by atoms with van der Waals surface area (Å²) in [6.45, 7) is 2.08. The maximum Gasteiger partial charge on any atom is 0.336 e. The predicted octanol–water partition coefficient (Wildman–Crippen LogP) is 1.03. The van der Waals surface area contributed by atoms with Crippen molar-refractivity contribution in [1.29, 1.82) is 0 Å². The SMILES string of the molecule is CCC1CC(C(=O)ON2C(=O)CCC2=O)C1. The van der Waals surface area contributed by atoms with Gasteiger partial charge in [-0.05, 0) is 18.8 Å². The van der Waals surface area contributed by atoms with Gasteiger partial charge in [-0.25, -0.2) is 4.79 Å². The summed E-state index contributed by atoms with van der Waals surface area (Å²) in [7, 11) is 0. The van der Waals surface area contributed by atoms with Crippen LogP contribution in [0.3, 0.4) is 0 Å². The molecule has 0 N–H and O–H groups in total. The fourth-order valence-electron chi connectivity index (χ4n) is 2.08. The average Bonchev–Trinajstić information content (AvgIpc) is 2.48. The predicted molar refractivity (Wildman–Crippen MR) is 53.7 cm³/mol. The molecule has 16 heavy (non-hydrogen) atoms. The number of rotatable bonds is 3. The third-order valence-electron chi connectivity index (χ3n) is 3.33. The van der Waals surface area contributed by atoms with E-state index >= 15 is 0 Å². The smallest absolute Gasteiger partial charge is 0.330 e. The minimum absolute atomic E-state index is 0.133. The van der Waals surface area contributed by atoms with Gasteiger partial charge in [-0.3, -0.25) is 9.59 Å². The van der Waals surface area contributed by atoms with Crippen molar-refractivity contribution in [1.82, 2.24) is 5.06 Å². The van der Waals surface area contributed by atoms with Crippen molar-refractivity contribution in [2.75, 3.05) is 0 Å². The first-order valence-electron chi connectivity index (χ1n) is 5.69. The largest absolute Gasteiger partial charge is 0.336 e. The van der Waals surface area contributed by atoms with Gasteiger partial charge in [0.2, 0.25) is 0 Å². The Morgan fingerprint density at radius 1 is 1.31 bits per heavy atom. The molecule has 2 fully saturated rings. The molecule has 2 aliphatic rings. The van der Waals surface area contributed by atoms with E-state index in [0.29, 0.717) is 11.0 Å². The molecule has 5 nitrogen and oxygen atoms in total. The van der Waals surface area contributed by atoms with E-state index in [4.69, 9.17) is 4.84 Å². The van der Waals surface area contributed by atoms with Gasteiger partial charge in [0.15, 0.2) is 0 Å². The molecule has 0 spiro atoms. The molecule has 88 valence electrons. The molecule has 1 aliphatic heterocycles. The van der Waals surface area contributed by atoms with Crippen LogP contribution >= 0.6 is 0 Å². The van der Waals surface area contributed by atoms with Gasteiger partial charge in [0.25, 0.3) is 11.8 Å². The van der Waals surface area contributed by atoms with Crippen molar-refractivity contribution in [2.45, 2.75) is 39.0 Å². The molecule has 2 amide bonds. The third kappa shape index (κ3) is 1.94. The lowest BCUT2D eigenvalue weighted by Gasteiger charge is -2.32. The zero-order chi connectivity index (χ0) is 11.7. The van der Waals surface area contributed by atoms with Gasteiger partial charge in [-0.15, -0.1) is 5.06 Å². The van der Waals surface area contributed by atoms with E-state index in [2.05, 4.69) is 6.92 Å². The molecular weight excluding hydrogens is 210 g/mol. The lowest BCUT2D eigenvalue weighted by molar-refractivity contribution is -0.203. The standard InChI is InChI=1S/C11H15NO4/c1-2-7-5-8(6-7)11(15)16-12-9(13)3-4-10(12)14/h7-8H,2-6H2,1H3. The Bertz CT molecular complexity index is 317. The van der Waals surface area contributed by atoms with Gasteiger partial charge in [-0.2, -0.15) is 0 Å². The molecular formula is C11H15NO4. The number of carbonyl (C=O) groups excluding carboxylic acids is 3. The second kappa shape index (κ2) is 4.23. The van der Waals surface area contributed by atoms with E-state index in [1.165, 1.54) is 0 Å². The van der Waals surface area contributed by atoms with E-state index in [1.807, 2.05) is 0 Å². The maximum absolute atomic E-state index is 11.6. The highest BCUT2D eigenvalue weighted by molar-refractivity contribution is 6.01. The summed E-state index contributed by atoms with van der Waals surface area (Å²) in [6, 6.07) is 0. The van der Waals surface area contributed by atoms with Gasteiger partial charge in [0.1, 0.15) is 0 Å². The number of carbonyl (C=O) groups is 3. The fraction of sp³-hybridized carbons (Fsp3) is 0.727. The summed E-state index contributed by atoms with van der Waals surface area (Å²) < 4.78 is 0. The molecule has 5 heteroatoms. The van der Waals surface area contributed by atoms with Gasteiger partial charge >= 0.3 is 5.97 Å². The van der Waals surface area contributed by atoms with Crippen LogP contribution in [-0.4, -0.2) is 22.8 Å². The minimum Gasteiger partial charge on any atom is -0.330 e. The summed E-state index contributed by atoms with van der Waals surface area (Å²) in [4.78, 5) is 38.8. The topological polar surface area (TPSA) is 63.7 Å². The first-order chi connectivity index (χ1) is 7.61. The first-order valence-corrected chi connectivity index (χ1v) is 5.69. The van der Waals surface area contributed by atoms with Gasteiger partial charge < -0.3 is 4.84 Å². The summed E-state index contributed by atoms with van der Waals surface area (Å²) in [5.41, 5.74) is 0. The molecule has 0 aromatic rings. The Hall–Kier alpha value is -1.39. The quantitative estimate of drug-likeness (QED) is 0.673. The maximum atomic E-state index is 11.6. The van der Waals surface area contributed by atoms with Crippen molar-refractivity contribution in [2.24, 2.45) is 11.8 Å². The highest BCUT2D eigenvalue weighted by atomic mass is 16.7. The molecule has 0 radical (unpaired) electrons. The molecule has 0 aromatic heterocycles. The zero-order valence-corrected chi connectivity index (χ0v) is 9.27. The molecule has 1 saturated carbocycles. The number of hydrogen-bond donors (Lipinski definition) is 0. The van der Waals surface area contributed by atoms with Crippen LogP contribution in [0, 0.1) is 11.8 Å². The van der Waals surface area contributed by atoms with Crippen LogP contribution in [0.2, 0.25) is 0 Å². The van der Waals surface area contributed by atoms with Crippen LogP contribution < -0.4 is 0 Å². The highest BCUT2D eigenvalue weighted by Gasteiger charge is 2.39. The van der Waals surface area contributed by atoms with Crippen LogP contribution in [0.1, 0.15) is 39.0 Å². The van der Waals surface area contributed by atoms with Crippen molar-refractivity contribution >= 4 is 17.8 Å². The second-order valence-corrected chi connectivity index (χ2v) is 4.43. The summed E-state index contributed by atoms with van der Waals surface area (Å²) >= 11 is 0. The average molecular weight is 225 g/mol. The van der Waals surface area contributed by atoms with Crippen molar-refractivity contribution in [3.05, 3.63) is 0 Å². The normalized spacial score (nSPS) is 29.2. The Labute approximate surface area is 93.7 Å².